The zero-order chi connectivity index (χ0) is 18.6. The fourth-order valence-corrected chi connectivity index (χ4v) is 3.51. The molecule has 5 nitrogen and oxygen atoms in total. The molecule has 4 rings (SSSR count). The Labute approximate surface area is 157 Å². The van der Waals surface area contributed by atoms with Crippen LogP contribution in [-0.2, 0) is 19.4 Å². The van der Waals surface area contributed by atoms with E-state index in [1.807, 2.05) is 18.2 Å². The Hall–Kier alpha value is -3.02. The van der Waals surface area contributed by atoms with E-state index in [0.29, 0.717) is 12.2 Å². The van der Waals surface area contributed by atoms with Crippen molar-refractivity contribution in [2.45, 2.75) is 38.6 Å². The summed E-state index contributed by atoms with van der Waals surface area (Å²) in [6.45, 7) is 0.359. The summed E-state index contributed by atoms with van der Waals surface area (Å²) < 4.78 is 15.1. The average Bonchev–Trinajstić information content (AvgIpc) is 2.89. The number of hydrogen-bond acceptors (Lipinski definition) is 3. The first-order valence-electron chi connectivity index (χ1n) is 9.27. The van der Waals surface area contributed by atoms with Gasteiger partial charge in [-0.2, -0.15) is 5.10 Å². The van der Waals surface area contributed by atoms with E-state index in [2.05, 4.69) is 15.4 Å². The number of benzene rings is 1. The van der Waals surface area contributed by atoms with Crippen LogP contribution in [-0.4, -0.2) is 20.7 Å². The molecule has 3 aromatic rings. The van der Waals surface area contributed by atoms with E-state index in [9.17, 15) is 9.18 Å². The lowest BCUT2D eigenvalue weighted by atomic mass is 10.1. The number of amides is 1. The standard InChI is InChI=1S/C21H21FN4O/c22-15-9-11-17(12-10-15)26-19-8-3-1-2-7-18(19)20(25-26)21(27)24-14-16-6-4-5-13-23-16/h4-6,9-13H,1-3,7-8,14H2,(H,24,27). The van der Waals surface area contributed by atoms with Crippen molar-refractivity contribution in [3.63, 3.8) is 0 Å². The Bertz CT molecular complexity index is 935. The number of nitrogens with zero attached hydrogens (tertiary/aromatic N) is 3. The van der Waals surface area contributed by atoms with E-state index in [4.69, 9.17) is 0 Å². The number of fused-ring (bicyclic) bond motifs is 1. The van der Waals surface area contributed by atoms with Crippen LogP contribution in [0.15, 0.2) is 48.7 Å². The van der Waals surface area contributed by atoms with Gasteiger partial charge in [0.2, 0.25) is 0 Å². The summed E-state index contributed by atoms with van der Waals surface area (Å²) in [6.07, 6.45) is 6.65. The first-order chi connectivity index (χ1) is 13.2. The highest BCUT2D eigenvalue weighted by atomic mass is 19.1. The average molecular weight is 364 g/mol. The van der Waals surface area contributed by atoms with E-state index in [0.717, 1.165) is 54.7 Å². The van der Waals surface area contributed by atoms with Crippen molar-refractivity contribution in [2.24, 2.45) is 0 Å². The second-order valence-electron chi connectivity index (χ2n) is 6.73. The van der Waals surface area contributed by atoms with Gasteiger partial charge in [0, 0.05) is 17.5 Å². The molecule has 0 fully saturated rings. The van der Waals surface area contributed by atoms with Gasteiger partial charge < -0.3 is 5.32 Å². The molecule has 1 aliphatic rings. The zero-order valence-electron chi connectivity index (χ0n) is 15.0. The molecule has 0 saturated carbocycles. The SMILES string of the molecule is O=C(NCc1ccccn1)c1nn(-c2ccc(F)cc2)c2c1CCCCC2. The fourth-order valence-electron chi connectivity index (χ4n) is 3.51. The van der Waals surface area contributed by atoms with Crippen molar-refractivity contribution in [2.75, 3.05) is 0 Å². The highest BCUT2D eigenvalue weighted by Crippen LogP contribution is 2.26. The lowest BCUT2D eigenvalue weighted by Gasteiger charge is -2.07. The van der Waals surface area contributed by atoms with E-state index in [1.165, 1.54) is 12.1 Å². The van der Waals surface area contributed by atoms with Gasteiger partial charge in [0.25, 0.3) is 5.91 Å². The molecule has 0 unspecified atom stereocenters. The van der Waals surface area contributed by atoms with Crippen LogP contribution in [0, 0.1) is 5.82 Å². The molecule has 1 N–H and O–H groups in total. The van der Waals surface area contributed by atoms with Crippen LogP contribution in [0.4, 0.5) is 4.39 Å². The maximum absolute atomic E-state index is 13.3. The minimum atomic E-state index is -0.287. The largest absolute Gasteiger partial charge is 0.345 e. The van der Waals surface area contributed by atoms with Crippen molar-refractivity contribution >= 4 is 5.91 Å². The van der Waals surface area contributed by atoms with Gasteiger partial charge >= 0.3 is 0 Å². The smallest absolute Gasteiger partial charge is 0.272 e. The molecule has 1 amide bonds. The molecular weight excluding hydrogens is 343 g/mol. The molecule has 6 heteroatoms. The van der Waals surface area contributed by atoms with E-state index < -0.39 is 0 Å². The first kappa shape index (κ1) is 17.4. The van der Waals surface area contributed by atoms with Crippen LogP contribution in [0.5, 0.6) is 0 Å². The number of rotatable bonds is 4. The van der Waals surface area contributed by atoms with Crippen LogP contribution in [0.3, 0.4) is 0 Å². The highest BCUT2D eigenvalue weighted by molar-refractivity contribution is 5.94. The van der Waals surface area contributed by atoms with E-state index in [-0.39, 0.29) is 11.7 Å². The predicted octanol–water partition coefficient (Wildman–Crippen LogP) is 3.61. The third kappa shape index (κ3) is 3.74. The fraction of sp³-hybridized carbons (Fsp3) is 0.286. The summed E-state index contributed by atoms with van der Waals surface area (Å²) in [7, 11) is 0. The molecule has 27 heavy (non-hydrogen) atoms. The minimum absolute atomic E-state index is 0.195. The second kappa shape index (κ2) is 7.70. The summed E-state index contributed by atoms with van der Waals surface area (Å²) in [4.78, 5) is 17.1. The number of nitrogens with one attached hydrogen (secondary N) is 1. The van der Waals surface area contributed by atoms with Crippen molar-refractivity contribution < 1.29 is 9.18 Å². The normalized spacial score (nSPS) is 13.7. The molecule has 0 aliphatic heterocycles. The van der Waals surface area contributed by atoms with Crippen LogP contribution in [0.25, 0.3) is 5.69 Å². The summed E-state index contributed by atoms with van der Waals surface area (Å²) >= 11 is 0. The molecule has 0 saturated heterocycles. The molecule has 2 aromatic heterocycles. The van der Waals surface area contributed by atoms with Crippen molar-refractivity contribution in [3.05, 3.63) is 77.1 Å². The highest BCUT2D eigenvalue weighted by Gasteiger charge is 2.24. The third-order valence-corrected chi connectivity index (χ3v) is 4.87. The monoisotopic (exact) mass is 364 g/mol. The number of aromatic nitrogens is 3. The van der Waals surface area contributed by atoms with Crippen molar-refractivity contribution in [3.8, 4) is 5.69 Å². The van der Waals surface area contributed by atoms with Gasteiger partial charge in [-0.25, -0.2) is 9.07 Å². The first-order valence-corrected chi connectivity index (χ1v) is 9.27. The van der Waals surface area contributed by atoms with Gasteiger partial charge in [0.15, 0.2) is 5.69 Å². The molecule has 0 atom stereocenters. The third-order valence-electron chi connectivity index (χ3n) is 4.87. The van der Waals surface area contributed by atoms with Crippen LogP contribution in [0.1, 0.15) is 46.7 Å². The second-order valence-corrected chi connectivity index (χ2v) is 6.73. The molecule has 0 spiro atoms. The quantitative estimate of drug-likeness (QED) is 0.720. The van der Waals surface area contributed by atoms with Crippen LogP contribution < -0.4 is 5.32 Å². The van der Waals surface area contributed by atoms with Gasteiger partial charge in [-0.15, -0.1) is 0 Å². The van der Waals surface area contributed by atoms with Gasteiger partial charge in [-0.1, -0.05) is 12.5 Å². The zero-order valence-corrected chi connectivity index (χ0v) is 15.0. The molecular formula is C21H21FN4O. The van der Waals surface area contributed by atoms with Crippen molar-refractivity contribution in [1.82, 2.24) is 20.1 Å². The number of carbonyl (C=O) groups excluding carboxylic acids is 1. The molecule has 2 heterocycles. The minimum Gasteiger partial charge on any atom is -0.345 e. The summed E-state index contributed by atoms with van der Waals surface area (Å²) in [5.41, 5.74) is 4.11. The Balaban J connectivity index is 1.65. The Morgan fingerprint density at radius 2 is 1.89 bits per heavy atom. The number of hydrogen-bond donors (Lipinski definition) is 1. The summed E-state index contributed by atoms with van der Waals surface area (Å²) in [6, 6.07) is 11.8. The van der Waals surface area contributed by atoms with Gasteiger partial charge in [-0.3, -0.25) is 9.78 Å². The van der Waals surface area contributed by atoms with Gasteiger partial charge in [-0.05, 0) is 62.1 Å². The number of pyridine rings is 1. The lowest BCUT2D eigenvalue weighted by molar-refractivity contribution is 0.0944. The molecule has 1 aliphatic carbocycles. The Morgan fingerprint density at radius 3 is 2.67 bits per heavy atom. The topological polar surface area (TPSA) is 59.8 Å². The summed E-state index contributed by atoms with van der Waals surface area (Å²) in [5, 5.41) is 7.53. The van der Waals surface area contributed by atoms with Crippen LogP contribution >= 0.6 is 0 Å². The number of carbonyl (C=O) groups is 1. The van der Waals surface area contributed by atoms with E-state index in [1.54, 1.807) is 23.0 Å². The lowest BCUT2D eigenvalue weighted by Crippen LogP contribution is -2.25. The Kier molecular flexibility index (Phi) is 4.96. The molecule has 0 bridgehead atoms. The number of halogens is 1. The Morgan fingerprint density at radius 1 is 1.07 bits per heavy atom. The molecule has 0 radical (unpaired) electrons. The van der Waals surface area contributed by atoms with Gasteiger partial charge in [0.05, 0.1) is 17.9 Å². The summed E-state index contributed by atoms with van der Waals surface area (Å²) in [5.74, 6) is -0.481. The van der Waals surface area contributed by atoms with Crippen molar-refractivity contribution in [1.29, 1.82) is 0 Å². The van der Waals surface area contributed by atoms with Crippen LogP contribution in [0.2, 0.25) is 0 Å². The molecule has 1 aromatic carbocycles. The maximum Gasteiger partial charge on any atom is 0.272 e. The predicted molar refractivity (Wildman–Crippen MR) is 100 cm³/mol. The maximum atomic E-state index is 13.3. The van der Waals surface area contributed by atoms with E-state index >= 15 is 0 Å². The van der Waals surface area contributed by atoms with Gasteiger partial charge in [0.1, 0.15) is 5.82 Å². The molecule has 138 valence electrons.